The van der Waals surface area contributed by atoms with Crippen molar-refractivity contribution in [2.24, 2.45) is 0 Å². The van der Waals surface area contributed by atoms with Crippen LogP contribution in [0.2, 0.25) is 0 Å². The highest BCUT2D eigenvalue weighted by Gasteiger charge is 2.18. The lowest BCUT2D eigenvalue weighted by molar-refractivity contribution is 0.600. The van der Waals surface area contributed by atoms with Crippen molar-refractivity contribution in [2.45, 2.75) is 18.7 Å². The van der Waals surface area contributed by atoms with Crippen LogP contribution in [0.3, 0.4) is 0 Å². The van der Waals surface area contributed by atoms with Crippen LogP contribution in [0, 0.1) is 13.8 Å². The van der Waals surface area contributed by atoms with Crippen molar-refractivity contribution >= 4 is 15.8 Å². The van der Waals surface area contributed by atoms with Gasteiger partial charge in [-0.3, -0.25) is 4.72 Å². The fraction of sp³-hybridized carbons (Fsp3) is 0.143. The number of rotatable bonds is 4. The Kier molecular flexibility index (Phi) is 3.78. The zero-order valence-electron chi connectivity index (χ0n) is 12.5. The van der Waals surface area contributed by atoms with Gasteiger partial charge in [0.1, 0.15) is 24.8 Å². The van der Waals surface area contributed by atoms with E-state index in [2.05, 4.69) is 24.8 Å². The third kappa shape index (κ3) is 3.19. The van der Waals surface area contributed by atoms with E-state index >= 15 is 0 Å². The lowest BCUT2D eigenvalue weighted by Gasteiger charge is -2.11. The average molecular weight is 330 g/mol. The minimum atomic E-state index is -3.74. The fourth-order valence-corrected chi connectivity index (χ4v) is 3.37. The average Bonchev–Trinajstić information content (AvgIpc) is 3.04. The molecule has 3 rings (SSSR count). The number of nitrogens with one attached hydrogen (secondary N) is 1. The molecule has 0 unspecified atom stereocenters. The molecular weight excluding hydrogens is 316 g/mol. The van der Waals surface area contributed by atoms with E-state index in [1.807, 2.05) is 13.0 Å². The van der Waals surface area contributed by atoms with Crippen LogP contribution < -0.4 is 4.72 Å². The summed E-state index contributed by atoms with van der Waals surface area (Å²) in [7, 11) is -3.74. The van der Waals surface area contributed by atoms with Gasteiger partial charge in [0.15, 0.2) is 5.82 Å². The van der Waals surface area contributed by atoms with Crippen LogP contribution in [0.15, 0.2) is 48.1 Å². The van der Waals surface area contributed by atoms with Crippen LogP contribution in [0.4, 0.5) is 5.82 Å². The van der Waals surface area contributed by atoms with Crippen molar-refractivity contribution in [2.75, 3.05) is 4.72 Å². The summed E-state index contributed by atoms with van der Waals surface area (Å²) in [4.78, 5) is 12.0. The van der Waals surface area contributed by atoms with E-state index < -0.39 is 10.0 Å². The maximum atomic E-state index is 12.6. The summed E-state index contributed by atoms with van der Waals surface area (Å²) in [5.41, 5.74) is 1.52. The largest absolute Gasteiger partial charge is 0.263 e. The van der Waals surface area contributed by atoms with Crippen molar-refractivity contribution in [1.29, 1.82) is 0 Å². The predicted molar refractivity (Wildman–Crippen MR) is 83.7 cm³/mol. The molecule has 9 heteroatoms. The highest BCUT2D eigenvalue weighted by Crippen LogP contribution is 2.20. The van der Waals surface area contributed by atoms with Gasteiger partial charge in [-0.05, 0) is 31.0 Å². The summed E-state index contributed by atoms with van der Waals surface area (Å²) in [6.07, 6.45) is 4.09. The summed E-state index contributed by atoms with van der Waals surface area (Å²) >= 11 is 0. The molecule has 0 fully saturated rings. The van der Waals surface area contributed by atoms with Gasteiger partial charge in [-0.15, -0.1) is 0 Å². The molecule has 0 bridgehead atoms. The van der Waals surface area contributed by atoms with E-state index in [0.29, 0.717) is 11.4 Å². The summed E-state index contributed by atoms with van der Waals surface area (Å²) in [5.74, 6) is 0.572. The maximum Gasteiger partial charge on any atom is 0.263 e. The first kappa shape index (κ1) is 15.1. The fourth-order valence-electron chi connectivity index (χ4n) is 2.04. The normalized spacial score (nSPS) is 11.4. The van der Waals surface area contributed by atoms with Gasteiger partial charge >= 0.3 is 0 Å². The summed E-state index contributed by atoms with van der Waals surface area (Å²) in [6.45, 7) is 3.58. The zero-order chi connectivity index (χ0) is 16.4. The molecule has 2 aromatic heterocycles. The first-order chi connectivity index (χ1) is 11.0. The van der Waals surface area contributed by atoms with Crippen molar-refractivity contribution in [3.05, 3.63) is 54.4 Å². The van der Waals surface area contributed by atoms with Crippen LogP contribution in [-0.4, -0.2) is 33.2 Å². The van der Waals surface area contributed by atoms with Gasteiger partial charge in [-0.25, -0.2) is 28.1 Å². The third-order valence-electron chi connectivity index (χ3n) is 3.18. The van der Waals surface area contributed by atoms with E-state index in [1.165, 1.54) is 29.7 Å². The molecule has 0 radical (unpaired) electrons. The second-order valence-corrected chi connectivity index (χ2v) is 6.63. The zero-order valence-corrected chi connectivity index (χ0v) is 13.3. The predicted octanol–water partition coefficient (Wildman–Crippen LogP) is 1.47. The number of benzene rings is 1. The van der Waals surface area contributed by atoms with E-state index in [0.717, 1.165) is 5.56 Å². The number of anilines is 1. The molecule has 3 aromatic rings. The highest BCUT2D eigenvalue weighted by molar-refractivity contribution is 7.92. The number of hydrogen-bond donors (Lipinski definition) is 1. The molecule has 8 nitrogen and oxygen atoms in total. The molecule has 0 aliphatic carbocycles. The van der Waals surface area contributed by atoms with Crippen LogP contribution >= 0.6 is 0 Å². The lowest BCUT2D eigenvalue weighted by Crippen LogP contribution is -2.16. The van der Waals surface area contributed by atoms with Crippen LogP contribution in [0.5, 0.6) is 0 Å². The van der Waals surface area contributed by atoms with Crippen LogP contribution in [0.1, 0.15) is 11.1 Å². The second-order valence-electron chi connectivity index (χ2n) is 4.98. The first-order valence-corrected chi connectivity index (χ1v) is 8.21. The van der Waals surface area contributed by atoms with Gasteiger partial charge in [0.25, 0.3) is 10.0 Å². The van der Waals surface area contributed by atoms with E-state index in [-0.39, 0.29) is 10.7 Å². The summed E-state index contributed by atoms with van der Waals surface area (Å²) in [6, 6.07) is 6.74. The Balaban J connectivity index is 1.95. The lowest BCUT2D eigenvalue weighted by atomic mass is 10.2. The molecule has 2 heterocycles. The maximum absolute atomic E-state index is 12.6. The highest BCUT2D eigenvalue weighted by atomic mass is 32.2. The van der Waals surface area contributed by atoms with E-state index in [4.69, 9.17) is 0 Å². The monoisotopic (exact) mass is 330 g/mol. The Bertz CT molecular complexity index is 938. The number of aryl methyl sites for hydroxylation is 2. The second kappa shape index (κ2) is 5.76. The third-order valence-corrected chi connectivity index (χ3v) is 4.67. The molecule has 0 spiro atoms. The number of aromatic nitrogens is 5. The molecule has 118 valence electrons. The van der Waals surface area contributed by atoms with E-state index in [9.17, 15) is 8.42 Å². The van der Waals surface area contributed by atoms with Gasteiger partial charge in [-0.2, -0.15) is 5.10 Å². The van der Waals surface area contributed by atoms with Gasteiger partial charge < -0.3 is 0 Å². The van der Waals surface area contributed by atoms with E-state index in [1.54, 1.807) is 19.1 Å². The Labute approximate surface area is 133 Å². The molecule has 0 aliphatic rings. The Morgan fingerprint density at radius 3 is 2.65 bits per heavy atom. The molecule has 23 heavy (non-hydrogen) atoms. The molecule has 0 aliphatic heterocycles. The molecular formula is C14H14N6O2S. The van der Waals surface area contributed by atoms with Crippen molar-refractivity contribution in [1.82, 2.24) is 24.7 Å². The summed E-state index contributed by atoms with van der Waals surface area (Å²) < 4.78 is 29.0. The molecule has 0 saturated heterocycles. The number of nitrogens with zero attached hydrogens (tertiary/aromatic N) is 5. The Morgan fingerprint density at radius 2 is 1.91 bits per heavy atom. The van der Waals surface area contributed by atoms with Crippen LogP contribution in [0.25, 0.3) is 5.82 Å². The van der Waals surface area contributed by atoms with Gasteiger partial charge in [0, 0.05) is 6.07 Å². The smallest absolute Gasteiger partial charge is 0.263 e. The number of sulfonamides is 1. The topological polar surface area (TPSA) is 103 Å². The van der Waals surface area contributed by atoms with Crippen molar-refractivity contribution in [3.63, 3.8) is 0 Å². The van der Waals surface area contributed by atoms with Gasteiger partial charge in [0.2, 0.25) is 0 Å². The molecule has 1 aromatic carbocycles. The first-order valence-electron chi connectivity index (χ1n) is 6.73. The minimum absolute atomic E-state index is 0.159. The SMILES string of the molecule is Cc1ccc(C)c(S(=O)(=O)Nc2cc(-n3cncn3)ncn2)c1. The molecule has 0 amide bonds. The Morgan fingerprint density at radius 1 is 1.09 bits per heavy atom. The van der Waals surface area contributed by atoms with Crippen molar-refractivity contribution in [3.8, 4) is 5.82 Å². The van der Waals surface area contributed by atoms with Crippen molar-refractivity contribution < 1.29 is 8.42 Å². The van der Waals surface area contributed by atoms with Crippen LogP contribution in [-0.2, 0) is 10.0 Å². The standard InChI is InChI=1S/C14H14N6O2S/c1-10-3-4-11(2)12(5-10)23(21,22)19-13-6-14(17-8-16-13)20-9-15-7-18-20/h3-9H,1-2H3,(H,16,17,19). The number of hydrogen-bond acceptors (Lipinski definition) is 6. The minimum Gasteiger partial charge on any atom is -0.263 e. The molecule has 0 saturated carbocycles. The quantitative estimate of drug-likeness (QED) is 0.777. The Hall–Kier alpha value is -2.81. The molecule has 1 N–H and O–H groups in total. The molecule has 0 atom stereocenters. The van der Waals surface area contributed by atoms with Gasteiger partial charge in [0.05, 0.1) is 4.90 Å². The van der Waals surface area contributed by atoms with Gasteiger partial charge in [-0.1, -0.05) is 12.1 Å². The summed E-state index contributed by atoms with van der Waals surface area (Å²) in [5, 5.41) is 3.95.